The number of nitrogen functional groups attached to an aromatic ring is 1. The van der Waals surface area contributed by atoms with Gasteiger partial charge in [-0.2, -0.15) is 0 Å². The summed E-state index contributed by atoms with van der Waals surface area (Å²) in [5, 5.41) is 0.492. The van der Waals surface area contributed by atoms with Crippen LogP contribution in [0.5, 0.6) is 0 Å². The predicted octanol–water partition coefficient (Wildman–Crippen LogP) is 1.13. The van der Waals surface area contributed by atoms with Gasteiger partial charge in [0.05, 0.1) is 5.39 Å². The first kappa shape index (κ1) is 10.6. The molecule has 0 atom stereocenters. The normalized spacial score (nSPS) is 11.9. The van der Waals surface area contributed by atoms with Crippen molar-refractivity contribution in [3.8, 4) is 0 Å². The van der Waals surface area contributed by atoms with Gasteiger partial charge in [0.25, 0.3) is 5.56 Å². The Balaban J connectivity index is 2.81. The molecule has 0 amide bonds. The average Bonchev–Trinajstić information content (AvgIpc) is 2.15. The van der Waals surface area contributed by atoms with Crippen molar-refractivity contribution in [1.82, 2.24) is 14.5 Å². The van der Waals surface area contributed by atoms with Gasteiger partial charge in [-0.1, -0.05) is 0 Å². The fourth-order valence-corrected chi connectivity index (χ4v) is 1.50. The first-order chi connectivity index (χ1) is 7.39. The summed E-state index contributed by atoms with van der Waals surface area (Å²) in [6.07, 6.45) is 1.51. The molecule has 2 heterocycles. The molecule has 0 saturated heterocycles. The van der Waals surface area contributed by atoms with Gasteiger partial charge >= 0.3 is 0 Å². The molecule has 2 N–H and O–H groups in total. The first-order valence-electron chi connectivity index (χ1n) is 5.04. The third kappa shape index (κ3) is 1.64. The molecule has 0 saturated carbocycles. The smallest absolute Gasteiger partial charge is 0.263 e. The average molecular weight is 218 g/mol. The highest BCUT2D eigenvalue weighted by Gasteiger charge is 2.16. The Hall–Kier alpha value is -1.91. The van der Waals surface area contributed by atoms with Gasteiger partial charge in [0.15, 0.2) is 5.65 Å². The molecule has 0 radical (unpaired) electrons. The van der Waals surface area contributed by atoms with Crippen molar-refractivity contribution in [3.63, 3.8) is 0 Å². The van der Waals surface area contributed by atoms with Crippen LogP contribution < -0.4 is 11.3 Å². The lowest BCUT2D eigenvalue weighted by Crippen LogP contribution is -2.34. The maximum atomic E-state index is 12.1. The maximum Gasteiger partial charge on any atom is 0.263 e. The molecule has 0 aromatic carbocycles. The largest absolute Gasteiger partial charge is 0.384 e. The highest BCUT2D eigenvalue weighted by Crippen LogP contribution is 2.12. The molecule has 16 heavy (non-hydrogen) atoms. The summed E-state index contributed by atoms with van der Waals surface area (Å²) in [6.45, 7) is 5.85. The third-order valence-electron chi connectivity index (χ3n) is 2.36. The van der Waals surface area contributed by atoms with Gasteiger partial charge in [0.2, 0.25) is 0 Å². The van der Waals surface area contributed by atoms with E-state index in [0.29, 0.717) is 16.9 Å². The Bertz CT molecular complexity index is 595. The SMILES string of the molecule is CC(C)(C)n1cnc2nc(N)ccc2c1=O. The van der Waals surface area contributed by atoms with Crippen LogP contribution >= 0.6 is 0 Å². The lowest BCUT2D eigenvalue weighted by molar-refractivity contribution is 0.381. The Kier molecular flexibility index (Phi) is 2.18. The minimum atomic E-state index is -0.292. The molecule has 0 aliphatic carbocycles. The monoisotopic (exact) mass is 218 g/mol. The summed E-state index contributed by atoms with van der Waals surface area (Å²) in [5.74, 6) is 0.368. The van der Waals surface area contributed by atoms with Gasteiger partial charge in [0, 0.05) is 5.54 Å². The number of aromatic nitrogens is 3. The van der Waals surface area contributed by atoms with E-state index in [-0.39, 0.29) is 11.1 Å². The number of fused-ring (bicyclic) bond motifs is 1. The van der Waals surface area contributed by atoms with Crippen LogP contribution in [-0.4, -0.2) is 14.5 Å². The standard InChI is InChI=1S/C11H14N4O/c1-11(2,3)15-6-13-9-7(10(15)16)4-5-8(12)14-9/h4-6H,1-3H3,(H2,12,14). The zero-order valence-corrected chi connectivity index (χ0v) is 9.56. The molecule has 0 aliphatic heterocycles. The number of nitrogens with two attached hydrogens (primary N) is 1. The van der Waals surface area contributed by atoms with Crippen LogP contribution in [0.15, 0.2) is 23.3 Å². The lowest BCUT2D eigenvalue weighted by atomic mass is 10.1. The number of nitrogens with zero attached hydrogens (tertiary/aromatic N) is 3. The third-order valence-corrected chi connectivity index (χ3v) is 2.36. The second-order valence-corrected chi connectivity index (χ2v) is 4.70. The number of pyridine rings is 1. The minimum Gasteiger partial charge on any atom is -0.384 e. The topological polar surface area (TPSA) is 73.8 Å². The van der Waals surface area contributed by atoms with E-state index >= 15 is 0 Å². The molecular weight excluding hydrogens is 204 g/mol. The number of hydrogen-bond donors (Lipinski definition) is 1. The van der Waals surface area contributed by atoms with E-state index in [1.807, 2.05) is 20.8 Å². The van der Waals surface area contributed by atoms with Gasteiger partial charge < -0.3 is 5.73 Å². The molecule has 0 unspecified atom stereocenters. The van der Waals surface area contributed by atoms with Crippen LogP contribution in [0, 0.1) is 0 Å². The predicted molar refractivity (Wildman–Crippen MR) is 63.2 cm³/mol. The zero-order valence-electron chi connectivity index (χ0n) is 9.56. The van der Waals surface area contributed by atoms with Gasteiger partial charge in [-0.25, -0.2) is 9.97 Å². The van der Waals surface area contributed by atoms with Crippen molar-refractivity contribution in [3.05, 3.63) is 28.8 Å². The zero-order chi connectivity index (χ0) is 11.9. The summed E-state index contributed by atoms with van der Waals surface area (Å²) >= 11 is 0. The molecule has 0 bridgehead atoms. The molecule has 2 aromatic rings. The van der Waals surface area contributed by atoms with Crippen molar-refractivity contribution >= 4 is 16.9 Å². The van der Waals surface area contributed by atoms with E-state index in [1.165, 1.54) is 6.33 Å². The number of rotatable bonds is 0. The van der Waals surface area contributed by atoms with E-state index in [1.54, 1.807) is 16.7 Å². The molecule has 5 heteroatoms. The summed E-state index contributed by atoms with van der Waals surface area (Å²) in [5.41, 5.74) is 5.55. The Labute approximate surface area is 92.9 Å². The van der Waals surface area contributed by atoms with E-state index in [2.05, 4.69) is 9.97 Å². The van der Waals surface area contributed by atoms with E-state index in [4.69, 9.17) is 5.73 Å². The van der Waals surface area contributed by atoms with Crippen molar-refractivity contribution in [2.45, 2.75) is 26.3 Å². The molecule has 0 spiro atoms. The van der Waals surface area contributed by atoms with Crippen molar-refractivity contribution in [2.75, 3.05) is 5.73 Å². The Morgan fingerprint density at radius 3 is 2.62 bits per heavy atom. The van der Waals surface area contributed by atoms with Crippen LogP contribution in [0.2, 0.25) is 0 Å². The fraction of sp³-hybridized carbons (Fsp3) is 0.364. The van der Waals surface area contributed by atoms with Crippen LogP contribution in [0.25, 0.3) is 11.0 Å². The number of hydrogen-bond acceptors (Lipinski definition) is 4. The van der Waals surface area contributed by atoms with Gasteiger partial charge in [-0.15, -0.1) is 0 Å². The van der Waals surface area contributed by atoms with E-state index < -0.39 is 0 Å². The fourth-order valence-electron chi connectivity index (χ4n) is 1.50. The van der Waals surface area contributed by atoms with Crippen molar-refractivity contribution in [1.29, 1.82) is 0 Å². The van der Waals surface area contributed by atoms with E-state index in [9.17, 15) is 4.79 Å². The van der Waals surface area contributed by atoms with Gasteiger partial charge in [0.1, 0.15) is 12.1 Å². The van der Waals surface area contributed by atoms with Crippen LogP contribution in [-0.2, 0) is 5.54 Å². The quantitative estimate of drug-likeness (QED) is 0.719. The lowest BCUT2D eigenvalue weighted by Gasteiger charge is -2.21. The Morgan fingerprint density at radius 1 is 1.31 bits per heavy atom. The first-order valence-corrected chi connectivity index (χ1v) is 5.04. The molecule has 0 fully saturated rings. The summed E-state index contributed by atoms with van der Waals surface area (Å²) in [6, 6.07) is 3.27. The maximum absolute atomic E-state index is 12.1. The van der Waals surface area contributed by atoms with E-state index in [0.717, 1.165) is 0 Å². The van der Waals surface area contributed by atoms with Gasteiger partial charge in [-0.05, 0) is 32.9 Å². The molecule has 84 valence electrons. The summed E-state index contributed by atoms with van der Waals surface area (Å²) in [7, 11) is 0. The summed E-state index contributed by atoms with van der Waals surface area (Å²) < 4.78 is 1.59. The van der Waals surface area contributed by atoms with Crippen LogP contribution in [0.4, 0.5) is 5.82 Å². The second kappa shape index (κ2) is 3.30. The second-order valence-electron chi connectivity index (χ2n) is 4.70. The molecule has 5 nitrogen and oxygen atoms in total. The summed E-state index contributed by atoms with van der Waals surface area (Å²) in [4.78, 5) is 20.3. The van der Waals surface area contributed by atoms with Crippen LogP contribution in [0.3, 0.4) is 0 Å². The highest BCUT2D eigenvalue weighted by atomic mass is 16.1. The molecule has 0 aliphatic rings. The van der Waals surface area contributed by atoms with Gasteiger partial charge in [-0.3, -0.25) is 9.36 Å². The Morgan fingerprint density at radius 2 is 2.00 bits per heavy atom. The number of anilines is 1. The molecule has 2 aromatic heterocycles. The minimum absolute atomic E-state index is 0.0926. The highest BCUT2D eigenvalue weighted by molar-refractivity contribution is 5.74. The molecular formula is C11H14N4O. The van der Waals surface area contributed by atoms with Crippen LogP contribution in [0.1, 0.15) is 20.8 Å². The van der Waals surface area contributed by atoms with Crippen molar-refractivity contribution in [2.24, 2.45) is 0 Å². The van der Waals surface area contributed by atoms with Crippen molar-refractivity contribution < 1.29 is 0 Å². The molecule has 2 rings (SSSR count).